The van der Waals surface area contributed by atoms with Crippen molar-refractivity contribution in [3.05, 3.63) is 74.7 Å². The van der Waals surface area contributed by atoms with Gasteiger partial charge in [-0.1, -0.05) is 41.4 Å². The van der Waals surface area contributed by atoms with Crippen LogP contribution in [0.25, 0.3) is 6.08 Å². The van der Waals surface area contributed by atoms with E-state index in [1.807, 2.05) is 0 Å². The molecule has 0 aromatic heterocycles. The van der Waals surface area contributed by atoms with Crippen LogP contribution in [0.4, 0.5) is 4.39 Å². The smallest absolute Gasteiger partial charge is 0.266 e. The summed E-state index contributed by atoms with van der Waals surface area (Å²) in [5, 5.41) is 12.3. The van der Waals surface area contributed by atoms with Crippen LogP contribution in [0, 0.1) is 11.3 Å². The number of rotatable bonds is 5. The molecule has 124 valence electrons. The molecule has 1 N–H and O–H groups in total. The summed E-state index contributed by atoms with van der Waals surface area (Å²) in [7, 11) is 0. The van der Waals surface area contributed by atoms with Crippen molar-refractivity contribution in [2.24, 2.45) is 0 Å². The van der Waals surface area contributed by atoms with Crippen LogP contribution in [0.1, 0.15) is 12.5 Å². The predicted octanol–water partition coefficient (Wildman–Crippen LogP) is 5.61. The molecule has 1 aromatic carbocycles. The molecule has 0 bridgehead atoms. The Morgan fingerprint density at radius 2 is 2.00 bits per heavy atom. The van der Waals surface area contributed by atoms with E-state index in [0.29, 0.717) is 10.6 Å². The highest BCUT2D eigenvalue weighted by atomic mass is 35.5. The number of nitrogens with one attached hydrogen (secondary N) is 1. The summed E-state index contributed by atoms with van der Waals surface area (Å²) < 4.78 is 12.7. The zero-order valence-electron chi connectivity index (χ0n) is 12.5. The van der Waals surface area contributed by atoms with Crippen LogP contribution in [0.5, 0.6) is 0 Å². The Hall–Kier alpha value is -2.06. The van der Waals surface area contributed by atoms with E-state index in [-0.39, 0.29) is 21.3 Å². The number of benzene rings is 1. The van der Waals surface area contributed by atoms with E-state index in [4.69, 9.17) is 34.8 Å². The molecule has 3 nitrogen and oxygen atoms in total. The van der Waals surface area contributed by atoms with Crippen molar-refractivity contribution in [1.82, 2.24) is 5.32 Å². The summed E-state index contributed by atoms with van der Waals surface area (Å²) in [6.45, 7) is 4.76. The maximum absolute atomic E-state index is 12.7. The molecule has 0 aliphatic rings. The standard InChI is InChI=1S/C17H12Cl3FN2O/c1-3-14(5-4-10(2)21)23-17(24)12(9-22)6-11-7-13(18)8-15(19)16(11)20/h3-8H,1H2,2H3,(H,23,24). The molecule has 0 unspecified atom stereocenters. The van der Waals surface area contributed by atoms with Gasteiger partial charge in [0.25, 0.3) is 5.91 Å². The Labute approximate surface area is 154 Å². The third-order valence-corrected chi connectivity index (χ3v) is 3.69. The first-order valence-electron chi connectivity index (χ1n) is 6.52. The summed E-state index contributed by atoms with van der Waals surface area (Å²) in [5.74, 6) is -1.15. The number of amides is 1. The Morgan fingerprint density at radius 1 is 1.33 bits per heavy atom. The van der Waals surface area contributed by atoms with Gasteiger partial charge in [-0.2, -0.15) is 5.26 Å². The molecule has 1 amide bonds. The molecular formula is C17H12Cl3FN2O. The minimum Gasteiger partial charge on any atom is -0.321 e. The van der Waals surface area contributed by atoms with Crippen molar-refractivity contribution in [2.75, 3.05) is 0 Å². The Balaban J connectivity index is 3.16. The summed E-state index contributed by atoms with van der Waals surface area (Å²) in [4.78, 5) is 12.2. The molecule has 7 heteroatoms. The van der Waals surface area contributed by atoms with E-state index in [9.17, 15) is 14.4 Å². The molecule has 0 saturated carbocycles. The Bertz CT molecular complexity index is 801. The molecule has 0 heterocycles. The lowest BCUT2D eigenvalue weighted by Crippen LogP contribution is -2.23. The fourth-order valence-corrected chi connectivity index (χ4v) is 2.22. The number of carbonyl (C=O) groups excluding carboxylic acids is 1. The van der Waals surface area contributed by atoms with E-state index in [0.717, 1.165) is 6.08 Å². The SMILES string of the molecule is C=CC(=CC=C(C)F)NC(=O)C(C#N)=Cc1cc(Cl)cc(Cl)c1Cl. The minimum absolute atomic E-state index is 0.164. The number of allylic oxidation sites excluding steroid dienone is 4. The summed E-state index contributed by atoms with van der Waals surface area (Å²) >= 11 is 17.8. The zero-order valence-corrected chi connectivity index (χ0v) is 14.8. The van der Waals surface area contributed by atoms with E-state index in [1.54, 1.807) is 6.07 Å². The highest BCUT2D eigenvalue weighted by molar-refractivity contribution is 6.44. The van der Waals surface area contributed by atoms with Crippen molar-refractivity contribution in [3.63, 3.8) is 0 Å². The number of carbonyl (C=O) groups is 1. The van der Waals surface area contributed by atoms with Gasteiger partial charge in [0.15, 0.2) is 0 Å². The van der Waals surface area contributed by atoms with E-state index < -0.39 is 11.7 Å². The highest BCUT2D eigenvalue weighted by Gasteiger charge is 2.12. The monoisotopic (exact) mass is 384 g/mol. The van der Waals surface area contributed by atoms with Gasteiger partial charge in [0.1, 0.15) is 11.6 Å². The van der Waals surface area contributed by atoms with Crippen molar-refractivity contribution >= 4 is 46.8 Å². The van der Waals surface area contributed by atoms with Crippen LogP contribution in [0.15, 0.2) is 54.0 Å². The maximum atomic E-state index is 12.7. The molecule has 0 fully saturated rings. The molecular weight excluding hydrogens is 374 g/mol. The summed E-state index contributed by atoms with van der Waals surface area (Å²) in [6, 6.07) is 4.68. The molecule has 0 radical (unpaired) electrons. The second kappa shape index (κ2) is 9.29. The van der Waals surface area contributed by atoms with Gasteiger partial charge in [0.2, 0.25) is 0 Å². The second-order valence-electron chi connectivity index (χ2n) is 4.49. The molecule has 1 aromatic rings. The van der Waals surface area contributed by atoms with Crippen molar-refractivity contribution in [3.8, 4) is 6.07 Å². The normalized spacial score (nSPS) is 12.6. The number of nitriles is 1. The molecule has 0 atom stereocenters. The van der Waals surface area contributed by atoms with Gasteiger partial charge in [-0.3, -0.25) is 4.79 Å². The third-order valence-electron chi connectivity index (χ3n) is 2.66. The molecule has 0 aliphatic carbocycles. The third kappa shape index (κ3) is 5.86. The quantitative estimate of drug-likeness (QED) is 0.310. The molecule has 0 spiro atoms. The minimum atomic E-state index is -0.708. The first kappa shape index (κ1) is 20.0. The summed E-state index contributed by atoms with van der Waals surface area (Å²) in [6.07, 6.45) is 5.04. The first-order chi connectivity index (χ1) is 11.3. The fourth-order valence-electron chi connectivity index (χ4n) is 1.55. The largest absolute Gasteiger partial charge is 0.321 e. The average Bonchev–Trinajstić information content (AvgIpc) is 2.52. The van der Waals surface area contributed by atoms with Gasteiger partial charge in [0, 0.05) is 10.7 Å². The first-order valence-corrected chi connectivity index (χ1v) is 7.66. The van der Waals surface area contributed by atoms with Crippen LogP contribution >= 0.6 is 34.8 Å². The summed E-state index contributed by atoms with van der Waals surface area (Å²) in [5.41, 5.74) is 0.321. The number of halogens is 4. The molecule has 1 rings (SSSR count). The van der Waals surface area contributed by atoms with Gasteiger partial charge in [-0.25, -0.2) is 4.39 Å². The predicted molar refractivity (Wildman–Crippen MR) is 96.3 cm³/mol. The molecule has 0 saturated heterocycles. The van der Waals surface area contributed by atoms with Gasteiger partial charge < -0.3 is 5.32 Å². The fraction of sp³-hybridized carbons (Fsp3) is 0.0588. The lowest BCUT2D eigenvalue weighted by atomic mass is 10.1. The van der Waals surface area contributed by atoms with Crippen molar-refractivity contribution in [1.29, 1.82) is 5.26 Å². The Kier molecular flexibility index (Phi) is 7.73. The van der Waals surface area contributed by atoms with Crippen molar-refractivity contribution < 1.29 is 9.18 Å². The van der Waals surface area contributed by atoms with Gasteiger partial charge >= 0.3 is 0 Å². The highest BCUT2D eigenvalue weighted by Crippen LogP contribution is 2.31. The maximum Gasteiger partial charge on any atom is 0.266 e. The van der Waals surface area contributed by atoms with E-state index >= 15 is 0 Å². The average molecular weight is 386 g/mol. The van der Waals surface area contributed by atoms with E-state index in [2.05, 4.69) is 11.9 Å². The van der Waals surface area contributed by atoms with Gasteiger partial charge in [-0.05, 0) is 48.9 Å². The topological polar surface area (TPSA) is 52.9 Å². The molecule has 24 heavy (non-hydrogen) atoms. The number of hydrogen-bond donors (Lipinski definition) is 1. The molecule has 0 aliphatic heterocycles. The Morgan fingerprint density at radius 3 is 2.54 bits per heavy atom. The van der Waals surface area contributed by atoms with Crippen LogP contribution in [0.3, 0.4) is 0 Å². The van der Waals surface area contributed by atoms with E-state index in [1.165, 1.54) is 37.3 Å². The van der Waals surface area contributed by atoms with Crippen LogP contribution in [0.2, 0.25) is 15.1 Å². The zero-order chi connectivity index (χ0) is 18.3. The van der Waals surface area contributed by atoms with Crippen molar-refractivity contribution in [2.45, 2.75) is 6.92 Å². The number of nitrogens with zero attached hydrogens (tertiary/aromatic N) is 1. The second-order valence-corrected chi connectivity index (χ2v) is 5.72. The lowest BCUT2D eigenvalue weighted by molar-refractivity contribution is -0.116. The lowest BCUT2D eigenvalue weighted by Gasteiger charge is -2.06. The van der Waals surface area contributed by atoms with Crippen LogP contribution in [-0.2, 0) is 4.79 Å². The van der Waals surface area contributed by atoms with Gasteiger partial charge in [0.05, 0.1) is 15.9 Å². The van der Waals surface area contributed by atoms with Crippen LogP contribution in [-0.4, -0.2) is 5.91 Å². The van der Waals surface area contributed by atoms with Gasteiger partial charge in [-0.15, -0.1) is 0 Å². The number of hydrogen-bond acceptors (Lipinski definition) is 2. The van der Waals surface area contributed by atoms with Crippen LogP contribution < -0.4 is 5.32 Å².